The molecule has 0 saturated heterocycles. The van der Waals surface area contributed by atoms with Gasteiger partial charge in [-0.3, -0.25) is 4.79 Å². The topological polar surface area (TPSA) is 72.9 Å². The molecule has 2 aromatic rings. The molecule has 1 saturated carbocycles. The van der Waals surface area contributed by atoms with Gasteiger partial charge >= 0.3 is 0 Å². The lowest BCUT2D eigenvalue weighted by molar-refractivity contribution is -0.120. The van der Waals surface area contributed by atoms with Crippen LogP contribution in [0.1, 0.15) is 30.7 Å². The Hall–Kier alpha value is -2.14. The number of aromatic nitrogens is 2. The fourth-order valence-electron chi connectivity index (χ4n) is 3.52. The zero-order valence-corrected chi connectivity index (χ0v) is 13.7. The average molecular weight is 312 g/mol. The number of nitrogens with zero attached hydrogens (tertiary/aromatic N) is 2. The largest absolute Gasteiger partial charge is 0.330 e. The lowest BCUT2D eigenvalue weighted by Gasteiger charge is -2.17. The highest BCUT2D eigenvalue weighted by molar-refractivity contribution is 5.94. The van der Waals surface area contributed by atoms with E-state index in [1.54, 1.807) is 0 Å². The van der Waals surface area contributed by atoms with Crippen LogP contribution >= 0.6 is 0 Å². The van der Waals surface area contributed by atoms with Crippen LogP contribution in [0.25, 0.3) is 5.69 Å². The van der Waals surface area contributed by atoms with E-state index in [0.29, 0.717) is 12.5 Å². The number of carbonyl (C=O) groups is 1. The van der Waals surface area contributed by atoms with Crippen LogP contribution in [0.5, 0.6) is 0 Å². The summed E-state index contributed by atoms with van der Waals surface area (Å²) in [5, 5.41) is 7.67. The molecule has 0 spiro atoms. The Labute approximate surface area is 136 Å². The molecule has 0 radical (unpaired) electrons. The number of benzene rings is 1. The third-order valence-corrected chi connectivity index (χ3v) is 4.84. The minimum absolute atomic E-state index is 0.0267. The Morgan fingerprint density at radius 2 is 2.04 bits per heavy atom. The molecule has 1 aliphatic carbocycles. The van der Waals surface area contributed by atoms with Crippen molar-refractivity contribution in [3.05, 3.63) is 41.7 Å². The summed E-state index contributed by atoms with van der Waals surface area (Å²) in [6, 6.07) is 9.95. The predicted octanol–water partition coefficient (Wildman–Crippen LogP) is 2.80. The minimum Gasteiger partial charge on any atom is -0.330 e. The molecular weight excluding hydrogens is 288 g/mol. The number of hydrogen-bond donors (Lipinski definition) is 2. The number of hydrogen-bond acceptors (Lipinski definition) is 3. The molecule has 2 atom stereocenters. The van der Waals surface area contributed by atoms with Crippen molar-refractivity contribution in [1.82, 2.24) is 9.78 Å². The number of amides is 1. The van der Waals surface area contributed by atoms with E-state index in [1.807, 2.05) is 48.9 Å². The van der Waals surface area contributed by atoms with E-state index in [4.69, 9.17) is 5.73 Å². The monoisotopic (exact) mass is 312 g/mol. The van der Waals surface area contributed by atoms with Crippen molar-refractivity contribution in [1.29, 1.82) is 0 Å². The van der Waals surface area contributed by atoms with Crippen LogP contribution in [0, 0.1) is 25.7 Å². The van der Waals surface area contributed by atoms with Crippen molar-refractivity contribution in [2.24, 2.45) is 17.6 Å². The van der Waals surface area contributed by atoms with Crippen LogP contribution in [-0.2, 0) is 4.79 Å². The van der Waals surface area contributed by atoms with Gasteiger partial charge in [-0.05, 0) is 51.3 Å². The molecule has 0 bridgehead atoms. The Morgan fingerprint density at radius 3 is 2.74 bits per heavy atom. The second-order valence-electron chi connectivity index (χ2n) is 6.32. The van der Waals surface area contributed by atoms with Gasteiger partial charge in [0.25, 0.3) is 0 Å². The number of para-hydroxylation sites is 1. The molecule has 3 rings (SSSR count). The van der Waals surface area contributed by atoms with E-state index >= 15 is 0 Å². The number of nitrogens with one attached hydrogen (secondary N) is 1. The molecule has 1 aliphatic rings. The van der Waals surface area contributed by atoms with E-state index in [1.165, 1.54) is 0 Å². The summed E-state index contributed by atoms with van der Waals surface area (Å²) >= 11 is 0. The van der Waals surface area contributed by atoms with Gasteiger partial charge in [-0.1, -0.05) is 24.6 Å². The van der Waals surface area contributed by atoms with Crippen molar-refractivity contribution in [2.45, 2.75) is 33.1 Å². The fraction of sp³-hybridized carbons (Fsp3) is 0.444. The maximum absolute atomic E-state index is 12.6. The molecule has 1 aromatic carbocycles. The standard InChI is InChI=1S/C18H24N4O/c1-12-17(20-18(23)16-10-6-7-14(16)11-19)13(2)22(21-12)15-8-4-3-5-9-15/h3-5,8-9,14,16H,6-7,10-11,19H2,1-2H3,(H,20,23)/t14-,16-/m1/s1. The first-order chi connectivity index (χ1) is 11.1. The zero-order valence-electron chi connectivity index (χ0n) is 13.7. The molecule has 1 heterocycles. The van der Waals surface area contributed by atoms with Crippen molar-refractivity contribution in [2.75, 3.05) is 11.9 Å². The maximum Gasteiger partial charge on any atom is 0.227 e. The molecule has 23 heavy (non-hydrogen) atoms. The number of rotatable bonds is 4. The van der Waals surface area contributed by atoms with Gasteiger partial charge in [-0.15, -0.1) is 0 Å². The first-order valence-corrected chi connectivity index (χ1v) is 8.24. The summed E-state index contributed by atoms with van der Waals surface area (Å²) in [5.74, 6) is 0.412. The van der Waals surface area contributed by atoms with E-state index in [-0.39, 0.29) is 11.8 Å². The molecule has 5 heteroatoms. The summed E-state index contributed by atoms with van der Waals surface area (Å²) in [4.78, 5) is 12.6. The van der Waals surface area contributed by atoms with Crippen molar-refractivity contribution in [3.8, 4) is 5.69 Å². The molecule has 1 aromatic heterocycles. The van der Waals surface area contributed by atoms with Gasteiger partial charge in [0, 0.05) is 5.92 Å². The van der Waals surface area contributed by atoms with E-state index in [2.05, 4.69) is 10.4 Å². The number of carbonyl (C=O) groups excluding carboxylic acids is 1. The van der Waals surface area contributed by atoms with Gasteiger partial charge < -0.3 is 11.1 Å². The zero-order chi connectivity index (χ0) is 16.4. The average Bonchev–Trinajstić information content (AvgIpc) is 3.15. The Kier molecular flexibility index (Phi) is 4.48. The quantitative estimate of drug-likeness (QED) is 0.912. The van der Waals surface area contributed by atoms with Crippen molar-refractivity contribution >= 4 is 11.6 Å². The first kappa shape index (κ1) is 15.7. The summed E-state index contributed by atoms with van der Waals surface area (Å²) in [6.07, 6.45) is 3.07. The van der Waals surface area contributed by atoms with E-state index < -0.39 is 0 Å². The molecule has 3 N–H and O–H groups in total. The summed E-state index contributed by atoms with van der Waals surface area (Å²) in [5.41, 5.74) is 9.40. The number of nitrogens with two attached hydrogens (primary N) is 1. The SMILES string of the molecule is Cc1nn(-c2ccccc2)c(C)c1NC(=O)[C@@H]1CCC[C@@H]1CN. The molecule has 0 aliphatic heterocycles. The molecule has 1 amide bonds. The highest BCUT2D eigenvalue weighted by Gasteiger charge is 2.32. The first-order valence-electron chi connectivity index (χ1n) is 8.24. The Bertz CT molecular complexity index is 693. The summed E-state index contributed by atoms with van der Waals surface area (Å²) < 4.78 is 1.88. The minimum atomic E-state index is 0.0267. The van der Waals surface area contributed by atoms with Gasteiger partial charge in [0.15, 0.2) is 0 Å². The maximum atomic E-state index is 12.6. The van der Waals surface area contributed by atoms with Crippen LogP contribution in [0.4, 0.5) is 5.69 Å². The second kappa shape index (κ2) is 6.54. The van der Waals surface area contributed by atoms with Crippen LogP contribution in [-0.4, -0.2) is 22.2 Å². The highest BCUT2D eigenvalue weighted by atomic mass is 16.1. The van der Waals surface area contributed by atoms with Gasteiger partial charge in [0.05, 0.1) is 22.8 Å². The lowest BCUT2D eigenvalue weighted by atomic mass is 9.95. The van der Waals surface area contributed by atoms with Gasteiger partial charge in [0.1, 0.15) is 0 Å². The lowest BCUT2D eigenvalue weighted by Crippen LogP contribution is -2.30. The van der Waals surface area contributed by atoms with Crippen molar-refractivity contribution in [3.63, 3.8) is 0 Å². The second-order valence-corrected chi connectivity index (χ2v) is 6.32. The third-order valence-electron chi connectivity index (χ3n) is 4.84. The van der Waals surface area contributed by atoms with Gasteiger partial charge in [-0.2, -0.15) is 5.10 Å². The summed E-state index contributed by atoms with van der Waals surface area (Å²) in [6.45, 7) is 4.49. The van der Waals surface area contributed by atoms with Crippen LogP contribution < -0.4 is 11.1 Å². The molecular formula is C18H24N4O. The number of aryl methyl sites for hydroxylation is 1. The third kappa shape index (κ3) is 3.01. The predicted molar refractivity (Wildman–Crippen MR) is 91.6 cm³/mol. The van der Waals surface area contributed by atoms with Gasteiger partial charge in [-0.25, -0.2) is 4.68 Å². The molecule has 122 valence electrons. The van der Waals surface area contributed by atoms with Crippen LogP contribution in [0.3, 0.4) is 0 Å². The molecule has 1 fully saturated rings. The molecule has 5 nitrogen and oxygen atoms in total. The fourth-order valence-corrected chi connectivity index (χ4v) is 3.52. The Balaban J connectivity index is 1.84. The van der Waals surface area contributed by atoms with E-state index in [9.17, 15) is 4.79 Å². The van der Waals surface area contributed by atoms with Crippen LogP contribution in [0.15, 0.2) is 30.3 Å². The number of anilines is 1. The Morgan fingerprint density at radius 1 is 1.30 bits per heavy atom. The molecule has 0 unspecified atom stereocenters. The van der Waals surface area contributed by atoms with E-state index in [0.717, 1.165) is 42.0 Å². The van der Waals surface area contributed by atoms with Crippen LogP contribution in [0.2, 0.25) is 0 Å². The van der Waals surface area contributed by atoms with Crippen molar-refractivity contribution < 1.29 is 4.79 Å². The normalized spacial score (nSPS) is 20.7. The van der Waals surface area contributed by atoms with Gasteiger partial charge in [0.2, 0.25) is 5.91 Å². The highest BCUT2D eigenvalue weighted by Crippen LogP contribution is 2.32. The summed E-state index contributed by atoms with van der Waals surface area (Å²) in [7, 11) is 0. The smallest absolute Gasteiger partial charge is 0.227 e.